The quantitative estimate of drug-likeness (QED) is 0.698. The van der Waals surface area contributed by atoms with Gasteiger partial charge in [0.25, 0.3) is 5.91 Å². The molecule has 1 rings (SSSR count). The molecule has 0 aliphatic heterocycles. The maximum absolute atomic E-state index is 11.7. The van der Waals surface area contributed by atoms with Gasteiger partial charge in [0, 0.05) is 23.1 Å². The average Bonchev–Trinajstić information content (AvgIpc) is 2.33. The molecule has 0 aliphatic carbocycles. The number of nitrogens with one attached hydrogen (secondary N) is 2. The smallest absolute Gasteiger partial charge is 0.251 e. The van der Waals surface area contributed by atoms with Crippen molar-refractivity contribution in [1.29, 1.82) is 0 Å². The molecule has 1 aromatic rings. The molecule has 0 saturated heterocycles. The fourth-order valence-corrected chi connectivity index (χ4v) is 1.65. The van der Waals surface area contributed by atoms with Crippen molar-refractivity contribution in [1.82, 2.24) is 10.6 Å². The van der Waals surface area contributed by atoms with E-state index >= 15 is 0 Å². The molecule has 0 aliphatic rings. The van der Waals surface area contributed by atoms with Gasteiger partial charge in [0.05, 0.1) is 6.04 Å². The number of amides is 2. The molecular formula is C12H16BrN3O2. The zero-order chi connectivity index (χ0) is 13.5. The minimum Gasteiger partial charge on any atom is -0.353 e. The Labute approximate surface area is 114 Å². The predicted octanol–water partition coefficient (Wildman–Crippen LogP) is 0.642. The van der Waals surface area contributed by atoms with Gasteiger partial charge in [-0.25, -0.2) is 0 Å². The summed E-state index contributed by atoms with van der Waals surface area (Å²) in [4.78, 5) is 22.9. The van der Waals surface area contributed by atoms with Gasteiger partial charge in [-0.15, -0.1) is 0 Å². The van der Waals surface area contributed by atoms with E-state index in [1.165, 1.54) is 0 Å². The Morgan fingerprint density at radius 3 is 2.61 bits per heavy atom. The number of hydrogen-bond acceptors (Lipinski definition) is 3. The van der Waals surface area contributed by atoms with Gasteiger partial charge in [0.15, 0.2) is 0 Å². The van der Waals surface area contributed by atoms with Crippen molar-refractivity contribution >= 4 is 27.7 Å². The summed E-state index contributed by atoms with van der Waals surface area (Å²) in [7, 11) is 0. The summed E-state index contributed by atoms with van der Waals surface area (Å²) in [6.45, 7) is 2.33. The molecule has 4 N–H and O–H groups in total. The summed E-state index contributed by atoms with van der Waals surface area (Å²) in [6.07, 6.45) is 0. The maximum Gasteiger partial charge on any atom is 0.251 e. The van der Waals surface area contributed by atoms with Crippen LogP contribution >= 0.6 is 15.9 Å². The minimum absolute atomic E-state index is 0.175. The second-order valence-electron chi connectivity index (χ2n) is 3.85. The molecule has 0 radical (unpaired) electrons. The van der Waals surface area contributed by atoms with Crippen molar-refractivity contribution in [3.63, 3.8) is 0 Å². The van der Waals surface area contributed by atoms with Crippen LogP contribution in [0.1, 0.15) is 17.3 Å². The molecule has 6 heteroatoms. The van der Waals surface area contributed by atoms with Crippen molar-refractivity contribution in [2.45, 2.75) is 13.0 Å². The first kappa shape index (κ1) is 14.7. The van der Waals surface area contributed by atoms with E-state index in [-0.39, 0.29) is 11.8 Å². The highest BCUT2D eigenvalue weighted by molar-refractivity contribution is 9.10. The van der Waals surface area contributed by atoms with Gasteiger partial charge in [-0.3, -0.25) is 9.59 Å². The second kappa shape index (κ2) is 7.13. The number of halogens is 1. The van der Waals surface area contributed by atoms with Gasteiger partial charge < -0.3 is 16.4 Å². The first-order valence-corrected chi connectivity index (χ1v) is 6.37. The molecule has 0 bridgehead atoms. The van der Waals surface area contributed by atoms with Crippen LogP contribution in [-0.4, -0.2) is 30.9 Å². The fraction of sp³-hybridized carbons (Fsp3) is 0.333. The van der Waals surface area contributed by atoms with Gasteiger partial charge in [-0.2, -0.15) is 0 Å². The van der Waals surface area contributed by atoms with Gasteiger partial charge in [0.1, 0.15) is 0 Å². The van der Waals surface area contributed by atoms with Gasteiger partial charge in [-0.1, -0.05) is 22.0 Å². The molecule has 0 spiro atoms. The average molecular weight is 314 g/mol. The normalized spacial score (nSPS) is 11.7. The highest BCUT2D eigenvalue weighted by Gasteiger charge is 2.07. The Kier molecular flexibility index (Phi) is 5.80. The van der Waals surface area contributed by atoms with Crippen LogP contribution in [0.3, 0.4) is 0 Å². The monoisotopic (exact) mass is 313 g/mol. The Morgan fingerprint density at radius 2 is 2.00 bits per heavy atom. The summed E-state index contributed by atoms with van der Waals surface area (Å²) < 4.78 is 0.848. The fourth-order valence-electron chi connectivity index (χ4n) is 1.25. The molecular weight excluding hydrogens is 298 g/mol. The van der Waals surface area contributed by atoms with E-state index in [1.807, 2.05) is 6.07 Å². The zero-order valence-corrected chi connectivity index (χ0v) is 11.7. The lowest BCUT2D eigenvalue weighted by Gasteiger charge is -2.08. The van der Waals surface area contributed by atoms with Crippen LogP contribution in [0.15, 0.2) is 28.7 Å². The van der Waals surface area contributed by atoms with E-state index < -0.39 is 6.04 Å². The first-order chi connectivity index (χ1) is 8.50. The molecule has 0 saturated carbocycles. The number of carbonyl (C=O) groups excluding carboxylic acids is 2. The highest BCUT2D eigenvalue weighted by Crippen LogP contribution is 2.11. The van der Waals surface area contributed by atoms with Crippen LogP contribution in [0.25, 0.3) is 0 Å². The van der Waals surface area contributed by atoms with Crippen LogP contribution in [0.2, 0.25) is 0 Å². The number of rotatable bonds is 5. The van der Waals surface area contributed by atoms with Crippen molar-refractivity contribution in [2.24, 2.45) is 5.73 Å². The standard InChI is InChI=1S/C12H16BrN3O2/c1-8(14)11(17)15-5-6-16-12(18)9-3-2-4-10(13)7-9/h2-4,7-8H,5-6,14H2,1H3,(H,15,17)(H,16,18)/t8-/m1/s1. The third kappa shape index (κ3) is 4.85. The summed E-state index contributed by atoms with van der Waals surface area (Å²) in [5, 5.41) is 5.32. The third-order valence-corrected chi connectivity index (χ3v) is 2.70. The molecule has 98 valence electrons. The summed E-state index contributed by atoms with van der Waals surface area (Å²) in [5.74, 6) is -0.405. The van der Waals surface area contributed by atoms with Gasteiger partial charge in [0.2, 0.25) is 5.91 Å². The number of nitrogens with two attached hydrogens (primary N) is 1. The first-order valence-electron chi connectivity index (χ1n) is 5.58. The Bertz CT molecular complexity index is 435. The Hall–Kier alpha value is -1.40. The molecule has 18 heavy (non-hydrogen) atoms. The van der Waals surface area contributed by atoms with Crippen LogP contribution in [0.5, 0.6) is 0 Å². The summed E-state index contributed by atoms with van der Waals surface area (Å²) in [5.41, 5.74) is 5.95. The summed E-state index contributed by atoms with van der Waals surface area (Å²) in [6, 6.07) is 6.55. The lowest BCUT2D eigenvalue weighted by Crippen LogP contribution is -2.42. The molecule has 0 unspecified atom stereocenters. The predicted molar refractivity (Wildman–Crippen MR) is 73.1 cm³/mol. The van der Waals surface area contributed by atoms with Gasteiger partial charge in [-0.05, 0) is 25.1 Å². The lowest BCUT2D eigenvalue weighted by molar-refractivity contribution is -0.121. The Balaban J connectivity index is 2.32. The molecule has 1 aromatic carbocycles. The minimum atomic E-state index is -0.536. The second-order valence-corrected chi connectivity index (χ2v) is 4.76. The van der Waals surface area contributed by atoms with E-state index in [1.54, 1.807) is 25.1 Å². The van der Waals surface area contributed by atoms with Crippen LogP contribution in [0, 0.1) is 0 Å². The van der Waals surface area contributed by atoms with E-state index in [4.69, 9.17) is 5.73 Å². The molecule has 0 fully saturated rings. The topological polar surface area (TPSA) is 84.2 Å². The SMILES string of the molecule is C[C@@H](N)C(=O)NCCNC(=O)c1cccc(Br)c1. The van der Waals surface area contributed by atoms with E-state index in [9.17, 15) is 9.59 Å². The van der Waals surface area contributed by atoms with Crippen molar-refractivity contribution < 1.29 is 9.59 Å². The van der Waals surface area contributed by atoms with Crippen LogP contribution < -0.4 is 16.4 Å². The van der Waals surface area contributed by atoms with Crippen molar-refractivity contribution in [3.8, 4) is 0 Å². The number of hydrogen-bond donors (Lipinski definition) is 3. The van der Waals surface area contributed by atoms with Crippen LogP contribution in [-0.2, 0) is 4.79 Å². The summed E-state index contributed by atoms with van der Waals surface area (Å²) >= 11 is 3.30. The maximum atomic E-state index is 11.7. The molecule has 5 nitrogen and oxygen atoms in total. The molecule has 2 amide bonds. The lowest BCUT2D eigenvalue weighted by atomic mass is 10.2. The zero-order valence-electron chi connectivity index (χ0n) is 10.1. The van der Waals surface area contributed by atoms with Crippen molar-refractivity contribution in [3.05, 3.63) is 34.3 Å². The molecule has 0 aromatic heterocycles. The number of carbonyl (C=O) groups is 2. The molecule has 1 atom stereocenters. The number of benzene rings is 1. The van der Waals surface area contributed by atoms with Crippen LogP contribution in [0.4, 0.5) is 0 Å². The van der Waals surface area contributed by atoms with E-state index in [0.29, 0.717) is 18.7 Å². The van der Waals surface area contributed by atoms with E-state index in [2.05, 4.69) is 26.6 Å². The third-order valence-electron chi connectivity index (χ3n) is 2.21. The van der Waals surface area contributed by atoms with Gasteiger partial charge >= 0.3 is 0 Å². The highest BCUT2D eigenvalue weighted by atomic mass is 79.9. The molecule has 0 heterocycles. The van der Waals surface area contributed by atoms with Crippen molar-refractivity contribution in [2.75, 3.05) is 13.1 Å². The Morgan fingerprint density at radius 1 is 1.33 bits per heavy atom. The largest absolute Gasteiger partial charge is 0.353 e. The van der Waals surface area contributed by atoms with E-state index in [0.717, 1.165) is 4.47 Å².